The summed E-state index contributed by atoms with van der Waals surface area (Å²) in [5.41, 5.74) is 3.31. The maximum atomic E-state index is 11.8. The van der Waals surface area contributed by atoms with E-state index in [1.54, 1.807) is 0 Å². The quantitative estimate of drug-likeness (QED) is 0.758. The predicted octanol–water partition coefficient (Wildman–Crippen LogP) is 3.42. The Bertz CT molecular complexity index is 745. The molecule has 3 rings (SSSR count). The van der Waals surface area contributed by atoms with Crippen LogP contribution in [0.2, 0.25) is 0 Å². The number of benzene rings is 1. The number of hydrogen-bond donors (Lipinski definition) is 2. The molecule has 5 heteroatoms. The van der Waals surface area contributed by atoms with Gasteiger partial charge in [0.15, 0.2) is 0 Å². The summed E-state index contributed by atoms with van der Waals surface area (Å²) >= 11 is 1.45. The van der Waals surface area contributed by atoms with Crippen molar-refractivity contribution < 1.29 is 4.79 Å². The first-order chi connectivity index (χ1) is 10.7. The average molecular weight is 311 g/mol. The second kappa shape index (κ2) is 6.58. The van der Waals surface area contributed by atoms with E-state index in [0.717, 1.165) is 28.4 Å². The molecule has 4 nitrogen and oxygen atoms in total. The number of aryl methyl sites for hydroxylation is 1. The molecule has 0 saturated carbocycles. The number of aromatic nitrogens is 2. The molecule has 1 amide bonds. The van der Waals surface area contributed by atoms with Gasteiger partial charge < -0.3 is 10.3 Å². The smallest absolute Gasteiger partial charge is 0.261 e. The first-order valence-electron chi connectivity index (χ1n) is 7.15. The normalized spacial score (nSPS) is 10.6. The summed E-state index contributed by atoms with van der Waals surface area (Å²) < 4.78 is 0. The van der Waals surface area contributed by atoms with E-state index in [1.807, 2.05) is 23.7 Å². The number of carbonyl (C=O) groups excluding carboxylic acids is 1. The third-order valence-electron chi connectivity index (χ3n) is 3.38. The van der Waals surface area contributed by atoms with E-state index in [0.29, 0.717) is 6.54 Å². The lowest BCUT2D eigenvalue weighted by Crippen LogP contribution is -2.24. The number of carbonyl (C=O) groups is 1. The Morgan fingerprint density at radius 2 is 2.09 bits per heavy atom. The lowest BCUT2D eigenvalue weighted by molar-refractivity contribution is 0.0958. The highest BCUT2D eigenvalue weighted by atomic mass is 32.1. The Morgan fingerprint density at radius 1 is 1.27 bits per heavy atom. The molecule has 112 valence electrons. The van der Waals surface area contributed by atoms with Crippen LogP contribution in [-0.2, 0) is 6.42 Å². The Morgan fingerprint density at radius 3 is 2.82 bits per heavy atom. The van der Waals surface area contributed by atoms with Gasteiger partial charge in [-0.05, 0) is 18.4 Å². The van der Waals surface area contributed by atoms with Crippen molar-refractivity contribution in [1.82, 2.24) is 15.3 Å². The molecule has 0 unspecified atom stereocenters. The zero-order valence-corrected chi connectivity index (χ0v) is 13.1. The molecule has 0 radical (unpaired) electrons. The molecule has 2 N–H and O–H groups in total. The molecule has 0 bridgehead atoms. The lowest BCUT2D eigenvalue weighted by Gasteiger charge is -2.02. The van der Waals surface area contributed by atoms with E-state index in [4.69, 9.17) is 0 Å². The van der Waals surface area contributed by atoms with Crippen LogP contribution >= 0.6 is 11.3 Å². The van der Waals surface area contributed by atoms with Gasteiger partial charge in [0, 0.05) is 30.4 Å². The minimum absolute atomic E-state index is 0.0201. The number of hydrogen-bond acceptors (Lipinski definition) is 3. The SMILES string of the molecule is Cc1ccc(-c2ncc(CCNC(=O)c3cccs3)[nH]2)cc1. The number of nitrogens with one attached hydrogen (secondary N) is 2. The van der Waals surface area contributed by atoms with Crippen molar-refractivity contribution in [2.24, 2.45) is 0 Å². The molecule has 1 aromatic carbocycles. The second-order valence-corrected chi connectivity index (χ2v) is 6.05. The number of amides is 1. The summed E-state index contributed by atoms with van der Waals surface area (Å²) in [5.74, 6) is 0.841. The standard InChI is InChI=1S/C17H17N3OS/c1-12-4-6-13(7-5-12)16-19-11-14(20-16)8-9-18-17(21)15-3-2-10-22-15/h2-7,10-11H,8-9H2,1H3,(H,18,21)(H,19,20). The number of nitrogens with zero attached hydrogens (tertiary/aromatic N) is 1. The van der Waals surface area contributed by atoms with Crippen molar-refractivity contribution in [3.05, 3.63) is 64.1 Å². The molecule has 0 atom stereocenters. The van der Waals surface area contributed by atoms with Crippen molar-refractivity contribution in [3.63, 3.8) is 0 Å². The fourth-order valence-electron chi connectivity index (χ4n) is 2.15. The molecule has 2 aromatic heterocycles. The number of rotatable bonds is 5. The van der Waals surface area contributed by atoms with Crippen LogP contribution in [0.15, 0.2) is 48.0 Å². The first-order valence-corrected chi connectivity index (χ1v) is 8.03. The number of H-pyrrole nitrogens is 1. The van der Waals surface area contributed by atoms with Crippen molar-refractivity contribution in [3.8, 4) is 11.4 Å². The maximum Gasteiger partial charge on any atom is 0.261 e. The molecule has 2 heterocycles. The fraction of sp³-hybridized carbons (Fsp3) is 0.176. The van der Waals surface area contributed by atoms with Crippen LogP contribution in [0.3, 0.4) is 0 Å². The number of thiophene rings is 1. The van der Waals surface area contributed by atoms with Crippen LogP contribution in [0, 0.1) is 6.92 Å². The first kappa shape index (κ1) is 14.5. The molecule has 0 aliphatic heterocycles. The Labute approximate surface area is 133 Å². The van der Waals surface area contributed by atoms with Crippen LogP contribution in [0.25, 0.3) is 11.4 Å². The molecule has 0 spiro atoms. The Balaban J connectivity index is 1.56. The van der Waals surface area contributed by atoms with Gasteiger partial charge in [0.05, 0.1) is 4.88 Å². The highest BCUT2D eigenvalue weighted by Crippen LogP contribution is 2.16. The second-order valence-electron chi connectivity index (χ2n) is 5.11. The van der Waals surface area contributed by atoms with Crippen LogP contribution in [0.4, 0.5) is 0 Å². The zero-order chi connectivity index (χ0) is 15.4. The van der Waals surface area contributed by atoms with Gasteiger partial charge in [0.25, 0.3) is 5.91 Å². The van der Waals surface area contributed by atoms with E-state index in [2.05, 4.69) is 46.5 Å². The van der Waals surface area contributed by atoms with Gasteiger partial charge in [0.1, 0.15) is 5.82 Å². The Hall–Kier alpha value is -2.40. The Kier molecular flexibility index (Phi) is 4.34. The van der Waals surface area contributed by atoms with Gasteiger partial charge in [0.2, 0.25) is 0 Å². The summed E-state index contributed by atoms with van der Waals surface area (Å²) in [5, 5.41) is 4.81. The van der Waals surface area contributed by atoms with Gasteiger partial charge >= 0.3 is 0 Å². The van der Waals surface area contributed by atoms with Crippen molar-refractivity contribution in [2.45, 2.75) is 13.3 Å². The molecular weight excluding hydrogens is 294 g/mol. The largest absolute Gasteiger partial charge is 0.351 e. The van der Waals surface area contributed by atoms with Crippen molar-refractivity contribution >= 4 is 17.2 Å². The lowest BCUT2D eigenvalue weighted by atomic mass is 10.1. The number of imidazole rings is 1. The topological polar surface area (TPSA) is 57.8 Å². The zero-order valence-electron chi connectivity index (χ0n) is 12.3. The van der Waals surface area contributed by atoms with Gasteiger partial charge in [-0.1, -0.05) is 35.9 Å². The summed E-state index contributed by atoms with van der Waals surface area (Å²) in [6, 6.07) is 11.9. The molecule has 3 aromatic rings. The molecule has 22 heavy (non-hydrogen) atoms. The van der Waals surface area contributed by atoms with E-state index < -0.39 is 0 Å². The monoisotopic (exact) mass is 311 g/mol. The minimum Gasteiger partial charge on any atom is -0.351 e. The third kappa shape index (κ3) is 3.43. The summed E-state index contributed by atoms with van der Waals surface area (Å²) in [7, 11) is 0. The summed E-state index contributed by atoms with van der Waals surface area (Å²) in [6.07, 6.45) is 2.56. The van der Waals surface area contributed by atoms with E-state index in [9.17, 15) is 4.79 Å². The van der Waals surface area contributed by atoms with Crippen molar-refractivity contribution in [2.75, 3.05) is 6.54 Å². The van der Waals surface area contributed by atoms with Gasteiger partial charge in [-0.2, -0.15) is 0 Å². The third-order valence-corrected chi connectivity index (χ3v) is 4.25. The van der Waals surface area contributed by atoms with Crippen molar-refractivity contribution in [1.29, 1.82) is 0 Å². The fourth-order valence-corrected chi connectivity index (χ4v) is 2.79. The van der Waals surface area contributed by atoms with Crippen LogP contribution in [0.1, 0.15) is 20.9 Å². The van der Waals surface area contributed by atoms with Crippen LogP contribution in [0.5, 0.6) is 0 Å². The van der Waals surface area contributed by atoms with Crippen LogP contribution < -0.4 is 5.32 Å². The molecule has 0 saturated heterocycles. The molecule has 0 aliphatic carbocycles. The predicted molar refractivity (Wildman–Crippen MR) is 89.1 cm³/mol. The van der Waals surface area contributed by atoms with E-state index >= 15 is 0 Å². The van der Waals surface area contributed by atoms with Gasteiger partial charge in [-0.3, -0.25) is 4.79 Å². The summed E-state index contributed by atoms with van der Waals surface area (Å²) in [4.78, 5) is 20.3. The van der Waals surface area contributed by atoms with Gasteiger partial charge in [-0.25, -0.2) is 4.98 Å². The highest BCUT2D eigenvalue weighted by Gasteiger charge is 2.07. The summed E-state index contributed by atoms with van der Waals surface area (Å²) in [6.45, 7) is 2.65. The average Bonchev–Trinajstić information content (AvgIpc) is 3.19. The van der Waals surface area contributed by atoms with Gasteiger partial charge in [-0.15, -0.1) is 11.3 Å². The highest BCUT2D eigenvalue weighted by molar-refractivity contribution is 7.12. The molecule has 0 fully saturated rings. The molecule has 0 aliphatic rings. The van der Waals surface area contributed by atoms with E-state index in [-0.39, 0.29) is 5.91 Å². The van der Waals surface area contributed by atoms with E-state index in [1.165, 1.54) is 16.9 Å². The maximum absolute atomic E-state index is 11.8. The number of aromatic amines is 1. The van der Waals surface area contributed by atoms with Crippen LogP contribution in [-0.4, -0.2) is 22.4 Å². The minimum atomic E-state index is -0.0201. The molecular formula is C17H17N3OS.